The van der Waals surface area contributed by atoms with E-state index in [1.54, 1.807) is 12.1 Å². The zero-order valence-corrected chi connectivity index (χ0v) is 11.1. The number of carbonyl (C=O) groups excluding carboxylic acids is 1. The lowest BCUT2D eigenvalue weighted by atomic mass is 10.1. The Bertz CT molecular complexity index is 483. The van der Waals surface area contributed by atoms with E-state index < -0.39 is 11.8 Å². The average molecular weight is 314 g/mol. The highest BCUT2D eigenvalue weighted by molar-refractivity contribution is 9.10. The van der Waals surface area contributed by atoms with Crippen molar-refractivity contribution in [1.29, 1.82) is 0 Å². The van der Waals surface area contributed by atoms with Gasteiger partial charge in [0, 0.05) is 23.1 Å². The number of carboxylic acid groups (broad SMARTS) is 1. The fraction of sp³-hybridized carbons (Fsp3) is 0.333. The van der Waals surface area contributed by atoms with E-state index in [4.69, 9.17) is 9.84 Å². The smallest absolute Gasteiger partial charge is 0.377 e. The van der Waals surface area contributed by atoms with Crippen molar-refractivity contribution in [2.75, 3.05) is 31.2 Å². The molecule has 1 aromatic rings. The normalized spacial score (nSPS) is 15.5. The molecule has 0 aliphatic carbocycles. The Balaban J connectivity index is 2.24. The number of rotatable bonds is 3. The Kier molecular flexibility index (Phi) is 3.98. The zero-order valence-electron chi connectivity index (χ0n) is 9.56. The monoisotopic (exact) mass is 313 g/mol. The molecule has 0 radical (unpaired) electrons. The van der Waals surface area contributed by atoms with Gasteiger partial charge in [0.15, 0.2) is 0 Å². The topological polar surface area (TPSA) is 66.8 Å². The van der Waals surface area contributed by atoms with E-state index in [2.05, 4.69) is 20.8 Å². The zero-order chi connectivity index (χ0) is 13.1. The number of hydrogen-bond donors (Lipinski definition) is 1. The highest BCUT2D eigenvalue weighted by Crippen LogP contribution is 2.28. The summed E-state index contributed by atoms with van der Waals surface area (Å²) in [5.41, 5.74) is 1.12. The van der Waals surface area contributed by atoms with Gasteiger partial charge >= 0.3 is 5.97 Å². The van der Waals surface area contributed by atoms with Crippen LogP contribution in [0.2, 0.25) is 0 Å². The third-order valence-corrected chi connectivity index (χ3v) is 3.39. The molecule has 0 unspecified atom stereocenters. The van der Waals surface area contributed by atoms with E-state index in [0.717, 1.165) is 23.2 Å². The van der Waals surface area contributed by atoms with Gasteiger partial charge < -0.3 is 14.7 Å². The van der Waals surface area contributed by atoms with Crippen molar-refractivity contribution in [3.8, 4) is 0 Å². The van der Waals surface area contributed by atoms with Crippen molar-refractivity contribution in [3.63, 3.8) is 0 Å². The predicted octanol–water partition coefficient (Wildman–Crippen LogP) is 1.55. The molecule has 0 bridgehead atoms. The number of ether oxygens (including phenoxy) is 1. The second-order valence-corrected chi connectivity index (χ2v) is 4.75. The summed E-state index contributed by atoms with van der Waals surface area (Å²) in [5, 5.41) is 8.65. The lowest BCUT2D eigenvalue weighted by molar-refractivity contribution is -0.131. The summed E-state index contributed by atoms with van der Waals surface area (Å²) in [5.74, 6) is -2.34. The molecule has 0 spiro atoms. The predicted molar refractivity (Wildman–Crippen MR) is 69.1 cm³/mol. The van der Waals surface area contributed by atoms with E-state index in [9.17, 15) is 9.59 Å². The van der Waals surface area contributed by atoms with Crippen LogP contribution < -0.4 is 4.90 Å². The molecule has 0 saturated carbocycles. The summed E-state index contributed by atoms with van der Waals surface area (Å²) < 4.78 is 5.98. The Morgan fingerprint density at radius 3 is 2.50 bits per heavy atom. The molecule has 2 rings (SSSR count). The van der Waals surface area contributed by atoms with Crippen molar-refractivity contribution in [1.82, 2.24) is 0 Å². The lowest BCUT2D eigenvalue weighted by Gasteiger charge is -2.29. The van der Waals surface area contributed by atoms with Crippen molar-refractivity contribution in [2.24, 2.45) is 0 Å². The highest BCUT2D eigenvalue weighted by Gasteiger charge is 2.18. The number of carbonyl (C=O) groups is 2. The van der Waals surface area contributed by atoms with Crippen LogP contribution in [0.25, 0.3) is 0 Å². The summed E-state index contributed by atoms with van der Waals surface area (Å²) in [6.07, 6.45) is 0. The fourth-order valence-electron chi connectivity index (χ4n) is 1.83. The van der Waals surface area contributed by atoms with Crippen LogP contribution in [-0.2, 0) is 9.53 Å². The van der Waals surface area contributed by atoms with Crippen LogP contribution in [0.1, 0.15) is 10.4 Å². The first-order valence-electron chi connectivity index (χ1n) is 5.49. The number of hydrogen-bond acceptors (Lipinski definition) is 4. The molecule has 1 aromatic carbocycles. The standard InChI is InChI=1S/C12H12BrNO4/c13-9-7-8(11(15)12(16)17)1-2-10(9)14-3-5-18-6-4-14/h1-2,7H,3-6H2,(H,16,17). The summed E-state index contributed by atoms with van der Waals surface area (Å²) in [6, 6.07) is 4.83. The van der Waals surface area contributed by atoms with E-state index in [-0.39, 0.29) is 5.56 Å². The summed E-state index contributed by atoms with van der Waals surface area (Å²) in [4.78, 5) is 24.1. The second kappa shape index (κ2) is 5.49. The molecule has 1 aliphatic heterocycles. The minimum Gasteiger partial charge on any atom is -0.475 e. The molecular formula is C12H12BrNO4. The third kappa shape index (κ3) is 2.70. The van der Waals surface area contributed by atoms with Crippen molar-refractivity contribution in [2.45, 2.75) is 0 Å². The van der Waals surface area contributed by atoms with Gasteiger partial charge in [-0.3, -0.25) is 4.79 Å². The number of Topliss-reactive ketones (excluding diaryl/α,β-unsaturated/α-hetero) is 1. The molecule has 1 aliphatic rings. The average Bonchev–Trinajstić information content (AvgIpc) is 2.38. The molecule has 1 fully saturated rings. The van der Waals surface area contributed by atoms with Gasteiger partial charge in [0.25, 0.3) is 5.78 Å². The van der Waals surface area contributed by atoms with Crippen LogP contribution in [0.15, 0.2) is 22.7 Å². The highest BCUT2D eigenvalue weighted by atomic mass is 79.9. The van der Waals surface area contributed by atoms with Crippen LogP contribution >= 0.6 is 15.9 Å². The van der Waals surface area contributed by atoms with E-state index in [1.165, 1.54) is 6.07 Å². The van der Waals surface area contributed by atoms with E-state index in [0.29, 0.717) is 13.2 Å². The molecule has 0 aromatic heterocycles. The quantitative estimate of drug-likeness (QED) is 0.677. The Morgan fingerprint density at radius 2 is 1.94 bits per heavy atom. The van der Waals surface area contributed by atoms with Gasteiger partial charge in [-0.15, -0.1) is 0 Å². The molecular weight excluding hydrogens is 302 g/mol. The van der Waals surface area contributed by atoms with Gasteiger partial charge in [0.1, 0.15) is 0 Å². The number of ketones is 1. The number of benzene rings is 1. The van der Waals surface area contributed by atoms with Crippen LogP contribution in [-0.4, -0.2) is 43.2 Å². The second-order valence-electron chi connectivity index (χ2n) is 3.90. The maximum Gasteiger partial charge on any atom is 0.377 e. The first kappa shape index (κ1) is 13.0. The number of nitrogens with zero attached hydrogens (tertiary/aromatic N) is 1. The number of anilines is 1. The SMILES string of the molecule is O=C(O)C(=O)c1ccc(N2CCOCC2)c(Br)c1. The molecule has 96 valence electrons. The number of carboxylic acids is 1. The van der Waals surface area contributed by atoms with Gasteiger partial charge in [-0.2, -0.15) is 0 Å². The van der Waals surface area contributed by atoms with Crippen LogP contribution in [0, 0.1) is 0 Å². The molecule has 1 heterocycles. The minimum absolute atomic E-state index is 0.173. The first-order valence-corrected chi connectivity index (χ1v) is 6.29. The van der Waals surface area contributed by atoms with Gasteiger partial charge in [0.05, 0.1) is 18.9 Å². The van der Waals surface area contributed by atoms with E-state index in [1.807, 2.05) is 0 Å². The van der Waals surface area contributed by atoms with Crippen LogP contribution in [0.3, 0.4) is 0 Å². The van der Waals surface area contributed by atoms with Crippen LogP contribution in [0.5, 0.6) is 0 Å². The summed E-state index contributed by atoms with van der Waals surface area (Å²) in [7, 11) is 0. The summed E-state index contributed by atoms with van der Waals surface area (Å²) >= 11 is 3.37. The maximum atomic E-state index is 11.3. The van der Waals surface area contributed by atoms with Gasteiger partial charge in [0.2, 0.25) is 0 Å². The lowest BCUT2D eigenvalue weighted by Crippen LogP contribution is -2.36. The van der Waals surface area contributed by atoms with Crippen molar-refractivity contribution >= 4 is 33.4 Å². The molecule has 1 N–H and O–H groups in total. The largest absolute Gasteiger partial charge is 0.475 e. The van der Waals surface area contributed by atoms with Gasteiger partial charge in [-0.05, 0) is 34.1 Å². The molecule has 18 heavy (non-hydrogen) atoms. The number of aliphatic carboxylic acids is 1. The van der Waals surface area contributed by atoms with Crippen molar-refractivity contribution in [3.05, 3.63) is 28.2 Å². The third-order valence-electron chi connectivity index (χ3n) is 2.76. The Morgan fingerprint density at radius 1 is 1.28 bits per heavy atom. The maximum absolute atomic E-state index is 11.3. The molecule has 6 heteroatoms. The first-order chi connectivity index (χ1) is 8.59. The van der Waals surface area contributed by atoms with Gasteiger partial charge in [-0.1, -0.05) is 0 Å². The molecule has 0 amide bonds. The van der Waals surface area contributed by atoms with Crippen LogP contribution in [0.4, 0.5) is 5.69 Å². The number of halogens is 1. The Labute approximate surface area is 112 Å². The molecule has 0 atom stereocenters. The van der Waals surface area contributed by atoms with E-state index >= 15 is 0 Å². The van der Waals surface area contributed by atoms with Crippen molar-refractivity contribution < 1.29 is 19.4 Å². The molecule has 5 nitrogen and oxygen atoms in total. The van der Waals surface area contributed by atoms with Gasteiger partial charge in [-0.25, -0.2) is 4.79 Å². The Hall–Kier alpha value is -1.40. The number of morpholine rings is 1. The summed E-state index contributed by atoms with van der Waals surface area (Å²) in [6.45, 7) is 2.90. The fourth-order valence-corrected chi connectivity index (χ4v) is 2.46. The minimum atomic E-state index is -1.44. The molecule has 1 saturated heterocycles.